The molecule has 0 saturated carbocycles. The Labute approximate surface area is 159 Å². The fraction of sp³-hybridized carbons (Fsp3) is 0.385. The van der Waals surface area contributed by atoms with Crippen molar-refractivity contribution in [3.05, 3.63) is 88.6 Å². The Morgan fingerprint density at radius 3 is 2.69 bits per heavy atom. The van der Waals surface area contributed by atoms with Crippen molar-refractivity contribution in [1.82, 2.24) is 0 Å². The Balaban J connectivity index is 1.90. The molecule has 0 saturated heterocycles. The molecule has 0 fully saturated rings. The molecule has 4 rings (SSSR count). The van der Waals surface area contributed by atoms with Gasteiger partial charge >= 0.3 is 0 Å². The molecule has 0 aromatic heterocycles. The molecule has 1 aromatic carbocycles. The van der Waals surface area contributed by atoms with Crippen molar-refractivity contribution in [3.63, 3.8) is 0 Å². The molecule has 0 heteroatoms. The van der Waals surface area contributed by atoms with Gasteiger partial charge in [0.2, 0.25) is 0 Å². The van der Waals surface area contributed by atoms with Crippen LogP contribution in [-0.4, -0.2) is 0 Å². The summed E-state index contributed by atoms with van der Waals surface area (Å²) < 4.78 is 0. The zero-order valence-electron chi connectivity index (χ0n) is 16.8. The summed E-state index contributed by atoms with van der Waals surface area (Å²) in [5, 5.41) is 0. The van der Waals surface area contributed by atoms with E-state index in [1.165, 1.54) is 46.3 Å². The van der Waals surface area contributed by atoms with Gasteiger partial charge in [-0.1, -0.05) is 91.3 Å². The minimum Gasteiger partial charge on any atom is -0.0955 e. The first-order valence-corrected chi connectivity index (χ1v) is 9.94. The van der Waals surface area contributed by atoms with Gasteiger partial charge in [0, 0.05) is 0 Å². The number of hydrogen-bond acceptors (Lipinski definition) is 0. The van der Waals surface area contributed by atoms with Gasteiger partial charge in [0.1, 0.15) is 0 Å². The fourth-order valence-corrected chi connectivity index (χ4v) is 4.00. The average molecular weight is 345 g/mol. The smallest absolute Gasteiger partial charge is 0.00932 e. The first-order chi connectivity index (χ1) is 12.4. The van der Waals surface area contributed by atoms with E-state index in [2.05, 4.69) is 82.8 Å². The van der Waals surface area contributed by atoms with Crippen molar-refractivity contribution in [3.8, 4) is 0 Å². The van der Waals surface area contributed by atoms with E-state index in [9.17, 15) is 0 Å². The number of fused-ring (bicyclic) bond motifs is 1. The highest BCUT2D eigenvalue weighted by Crippen LogP contribution is 2.41. The predicted octanol–water partition coefficient (Wildman–Crippen LogP) is 7.46. The fourth-order valence-electron chi connectivity index (χ4n) is 4.00. The molecular formula is C26H32. The summed E-state index contributed by atoms with van der Waals surface area (Å²) in [6, 6.07) is 8.96. The lowest BCUT2D eigenvalue weighted by molar-refractivity contribution is 0.624. The first kappa shape index (κ1) is 18.7. The molecule has 0 heterocycles. The van der Waals surface area contributed by atoms with Crippen LogP contribution < -0.4 is 0 Å². The number of allylic oxidation sites excluding steroid dienone is 9. The lowest BCUT2D eigenvalue weighted by atomic mass is 9.83. The highest BCUT2D eigenvalue weighted by molar-refractivity contribution is 5.81. The Morgan fingerprint density at radius 1 is 1.19 bits per heavy atom. The van der Waals surface area contributed by atoms with Crippen LogP contribution in [-0.2, 0) is 6.42 Å². The SMILES string of the molecule is C=C(/C=C(/CC1=C2C=CC(C1)Cc1ccccc12)C(C)C)CC=C(C)C. The van der Waals surface area contributed by atoms with Crippen LogP contribution in [0.25, 0.3) is 5.57 Å². The van der Waals surface area contributed by atoms with E-state index >= 15 is 0 Å². The van der Waals surface area contributed by atoms with Crippen LogP contribution >= 0.6 is 0 Å². The molecule has 0 N–H and O–H groups in total. The lowest BCUT2D eigenvalue weighted by Crippen LogP contribution is -2.06. The molecule has 0 spiro atoms. The summed E-state index contributed by atoms with van der Waals surface area (Å²) in [5.41, 5.74) is 10.1. The van der Waals surface area contributed by atoms with Crippen molar-refractivity contribution in [2.24, 2.45) is 11.8 Å². The van der Waals surface area contributed by atoms with E-state index in [4.69, 9.17) is 0 Å². The summed E-state index contributed by atoms with van der Waals surface area (Å²) in [7, 11) is 0. The van der Waals surface area contributed by atoms with Gasteiger partial charge in [0.25, 0.3) is 0 Å². The third kappa shape index (κ3) is 4.36. The van der Waals surface area contributed by atoms with Crippen molar-refractivity contribution < 1.29 is 0 Å². The Hall–Kier alpha value is -2.08. The number of hydrogen-bond donors (Lipinski definition) is 0. The van der Waals surface area contributed by atoms with Gasteiger partial charge in [-0.15, -0.1) is 0 Å². The third-order valence-corrected chi connectivity index (χ3v) is 5.54. The number of benzene rings is 1. The van der Waals surface area contributed by atoms with E-state index in [-0.39, 0.29) is 0 Å². The Bertz CT molecular complexity index is 804. The van der Waals surface area contributed by atoms with Crippen LogP contribution in [0.4, 0.5) is 0 Å². The minimum absolute atomic E-state index is 0.549. The van der Waals surface area contributed by atoms with Crippen molar-refractivity contribution in [1.29, 1.82) is 0 Å². The largest absolute Gasteiger partial charge is 0.0955 e. The predicted molar refractivity (Wildman–Crippen MR) is 115 cm³/mol. The second-order valence-electron chi connectivity index (χ2n) is 8.40. The van der Waals surface area contributed by atoms with E-state index in [1.54, 1.807) is 5.57 Å². The Morgan fingerprint density at radius 2 is 1.96 bits per heavy atom. The lowest BCUT2D eigenvalue weighted by Gasteiger charge is -2.21. The molecule has 3 aliphatic rings. The van der Waals surface area contributed by atoms with Gasteiger partial charge in [0.05, 0.1) is 0 Å². The van der Waals surface area contributed by atoms with Crippen LogP contribution in [0.2, 0.25) is 0 Å². The second kappa shape index (κ2) is 8.08. The van der Waals surface area contributed by atoms with Crippen molar-refractivity contribution in [2.75, 3.05) is 0 Å². The zero-order valence-corrected chi connectivity index (χ0v) is 16.8. The van der Waals surface area contributed by atoms with Crippen molar-refractivity contribution >= 4 is 5.57 Å². The van der Waals surface area contributed by atoms with Gasteiger partial charge in [-0.25, -0.2) is 0 Å². The van der Waals surface area contributed by atoms with Gasteiger partial charge in [-0.05, 0) is 68.1 Å². The monoisotopic (exact) mass is 344 g/mol. The maximum Gasteiger partial charge on any atom is -0.00932 e. The maximum absolute atomic E-state index is 4.29. The van der Waals surface area contributed by atoms with Crippen LogP contribution in [0.15, 0.2) is 77.4 Å². The van der Waals surface area contributed by atoms with E-state index in [0.717, 1.165) is 12.8 Å². The summed E-state index contributed by atoms with van der Waals surface area (Å²) in [6.45, 7) is 13.2. The number of rotatable bonds is 6. The molecule has 26 heavy (non-hydrogen) atoms. The molecule has 0 amide bonds. The van der Waals surface area contributed by atoms with Crippen LogP contribution in [0, 0.1) is 11.8 Å². The van der Waals surface area contributed by atoms with Gasteiger partial charge in [-0.3, -0.25) is 0 Å². The van der Waals surface area contributed by atoms with E-state index in [1.807, 2.05) is 0 Å². The standard InChI is InChI=1S/C26H32/c1-18(2)10-11-20(5)14-23(19(3)4)17-24-16-21-12-13-26(24)25-9-7-6-8-22(25)15-21/h6-10,12-14,19,21H,5,11,15-17H2,1-4H3/b23-14-. The molecule has 136 valence electrons. The van der Waals surface area contributed by atoms with Crippen LogP contribution in [0.1, 0.15) is 58.1 Å². The van der Waals surface area contributed by atoms with Crippen LogP contribution in [0.5, 0.6) is 0 Å². The molecule has 1 unspecified atom stereocenters. The highest BCUT2D eigenvalue weighted by Gasteiger charge is 2.25. The summed E-state index contributed by atoms with van der Waals surface area (Å²) in [5.74, 6) is 1.20. The molecule has 1 aromatic rings. The molecule has 0 aliphatic heterocycles. The normalized spacial score (nSPS) is 18.8. The van der Waals surface area contributed by atoms with Gasteiger partial charge in [0.15, 0.2) is 0 Å². The molecule has 1 atom stereocenters. The quantitative estimate of drug-likeness (QED) is 0.371. The molecule has 3 aliphatic carbocycles. The van der Waals surface area contributed by atoms with Gasteiger partial charge in [-0.2, -0.15) is 0 Å². The summed E-state index contributed by atoms with van der Waals surface area (Å²) in [4.78, 5) is 0. The van der Waals surface area contributed by atoms with Crippen molar-refractivity contribution in [2.45, 2.75) is 53.4 Å². The van der Waals surface area contributed by atoms with Crippen LogP contribution in [0.3, 0.4) is 0 Å². The van der Waals surface area contributed by atoms with Gasteiger partial charge < -0.3 is 0 Å². The maximum atomic E-state index is 4.29. The first-order valence-electron chi connectivity index (χ1n) is 9.94. The molecule has 2 bridgehead atoms. The topological polar surface area (TPSA) is 0 Å². The molecule has 0 nitrogen and oxygen atoms in total. The molecular weight excluding hydrogens is 312 g/mol. The Kier molecular flexibility index (Phi) is 5.81. The third-order valence-electron chi connectivity index (χ3n) is 5.54. The summed E-state index contributed by atoms with van der Waals surface area (Å²) in [6.07, 6.45) is 13.8. The average Bonchev–Trinajstić information content (AvgIpc) is 2.86. The minimum atomic E-state index is 0.549. The van der Waals surface area contributed by atoms with E-state index in [0.29, 0.717) is 11.8 Å². The highest BCUT2D eigenvalue weighted by atomic mass is 14.3. The molecule has 0 radical (unpaired) electrons. The van der Waals surface area contributed by atoms with E-state index < -0.39 is 0 Å². The zero-order chi connectivity index (χ0) is 18.7. The second-order valence-corrected chi connectivity index (χ2v) is 8.40. The summed E-state index contributed by atoms with van der Waals surface area (Å²) >= 11 is 0.